The minimum absolute atomic E-state index is 0.968. The Morgan fingerprint density at radius 3 is 1.04 bits per heavy atom. The highest BCUT2D eigenvalue weighted by Crippen LogP contribution is 2.31. The second kappa shape index (κ2) is 10.4. The van der Waals surface area contributed by atoms with Crippen LogP contribution in [-0.2, 0) is 0 Å². The molecule has 4 aromatic rings. The van der Waals surface area contributed by atoms with E-state index in [9.17, 15) is 0 Å². The predicted octanol–water partition coefficient (Wildman–Crippen LogP) is 7.29. The number of fused-ring (bicyclic) bond motifs is 2. The molecule has 0 saturated heterocycles. The van der Waals surface area contributed by atoms with Crippen LogP contribution in [0.15, 0.2) is 73.1 Å². The number of hydrogen-bond acceptors (Lipinski definition) is 2. The quantitative estimate of drug-likeness (QED) is 0.240. The van der Waals surface area contributed by atoms with Crippen molar-refractivity contribution in [3.05, 3.63) is 95.6 Å². The van der Waals surface area contributed by atoms with Gasteiger partial charge in [0, 0.05) is 12.4 Å². The number of allylic oxidation sites excluding steroid dienone is 2. The first kappa shape index (κ1) is 21.3. The van der Waals surface area contributed by atoms with Crippen LogP contribution in [0.4, 0.5) is 0 Å². The van der Waals surface area contributed by atoms with Gasteiger partial charge in [-0.25, -0.2) is 0 Å². The molecule has 28 heavy (non-hydrogen) atoms. The zero-order valence-corrected chi connectivity index (χ0v) is 17.8. The molecule has 1 heterocycles. The lowest BCUT2D eigenvalue weighted by atomic mass is 9.93. The van der Waals surface area contributed by atoms with Crippen molar-refractivity contribution in [2.45, 2.75) is 41.5 Å². The molecule has 0 aliphatic carbocycles. The van der Waals surface area contributed by atoms with Gasteiger partial charge in [0.15, 0.2) is 0 Å². The summed E-state index contributed by atoms with van der Waals surface area (Å²) in [4.78, 5) is 8.03. The van der Waals surface area contributed by atoms with Crippen molar-refractivity contribution in [3.8, 4) is 0 Å². The highest BCUT2D eigenvalue weighted by molar-refractivity contribution is 6.05. The molecule has 2 nitrogen and oxygen atoms in total. The van der Waals surface area contributed by atoms with Crippen LogP contribution in [0.5, 0.6) is 0 Å². The molecule has 0 saturated carbocycles. The molecule has 144 valence electrons. The third-order valence-electron chi connectivity index (χ3n) is 4.71. The molecule has 0 unspecified atom stereocenters. The second-order valence-electron chi connectivity index (χ2n) is 6.81. The fraction of sp³-hybridized carbons (Fsp3) is 0.231. The number of aryl methyl sites for hydroxylation is 4. The summed E-state index contributed by atoms with van der Waals surface area (Å²) in [5.41, 5.74) is 4.71. The van der Waals surface area contributed by atoms with Gasteiger partial charge in [0.25, 0.3) is 0 Å². The first-order valence-electron chi connectivity index (χ1n) is 9.68. The first-order chi connectivity index (χ1) is 13.5. The third kappa shape index (κ3) is 5.26. The number of nitrogens with zero attached hydrogens (tertiary/aromatic N) is 2. The molecule has 2 heteroatoms. The Hall–Kier alpha value is -3.00. The molecule has 0 atom stereocenters. The summed E-state index contributed by atoms with van der Waals surface area (Å²) >= 11 is 0. The van der Waals surface area contributed by atoms with E-state index in [1.165, 1.54) is 32.7 Å². The predicted molar refractivity (Wildman–Crippen MR) is 123 cm³/mol. The molecule has 3 aromatic carbocycles. The van der Waals surface area contributed by atoms with E-state index in [0.29, 0.717) is 0 Å². The Bertz CT molecular complexity index is 919. The zero-order valence-electron chi connectivity index (χ0n) is 17.8. The lowest BCUT2D eigenvalue weighted by Crippen LogP contribution is -1.87. The smallest absolute Gasteiger partial charge is 0.0555 e. The average molecular weight is 371 g/mol. The monoisotopic (exact) mass is 370 g/mol. The van der Waals surface area contributed by atoms with Crippen LogP contribution in [0.1, 0.15) is 36.4 Å². The van der Waals surface area contributed by atoms with E-state index in [-0.39, 0.29) is 0 Å². The van der Waals surface area contributed by atoms with Crippen molar-refractivity contribution in [1.29, 1.82) is 0 Å². The van der Waals surface area contributed by atoms with Crippen molar-refractivity contribution in [3.63, 3.8) is 0 Å². The van der Waals surface area contributed by atoms with E-state index < -0.39 is 0 Å². The largest absolute Gasteiger partial charge is 0.258 e. The van der Waals surface area contributed by atoms with Gasteiger partial charge in [-0.05, 0) is 74.2 Å². The van der Waals surface area contributed by atoms with Gasteiger partial charge in [0.1, 0.15) is 0 Å². The van der Waals surface area contributed by atoms with Gasteiger partial charge in [0.2, 0.25) is 0 Å². The maximum absolute atomic E-state index is 4.02. The van der Waals surface area contributed by atoms with E-state index in [1.54, 1.807) is 12.4 Å². The molecule has 0 aliphatic rings. The Morgan fingerprint density at radius 1 is 0.536 bits per heavy atom. The van der Waals surface area contributed by atoms with Crippen LogP contribution in [0.3, 0.4) is 0 Å². The van der Waals surface area contributed by atoms with E-state index in [1.807, 2.05) is 39.8 Å². The Labute approximate surface area is 169 Å². The van der Waals surface area contributed by atoms with Crippen LogP contribution < -0.4 is 0 Å². The van der Waals surface area contributed by atoms with Crippen LogP contribution in [0.25, 0.3) is 21.5 Å². The second-order valence-corrected chi connectivity index (χ2v) is 6.81. The van der Waals surface area contributed by atoms with Crippen molar-refractivity contribution < 1.29 is 0 Å². The maximum atomic E-state index is 4.02. The van der Waals surface area contributed by atoms with Gasteiger partial charge in [-0.2, -0.15) is 0 Å². The molecule has 0 aliphatic heterocycles. The third-order valence-corrected chi connectivity index (χ3v) is 4.71. The lowest BCUT2D eigenvalue weighted by Gasteiger charge is -2.11. The highest BCUT2D eigenvalue weighted by Gasteiger charge is 2.06. The van der Waals surface area contributed by atoms with Gasteiger partial charge in [-0.1, -0.05) is 60.7 Å². The van der Waals surface area contributed by atoms with Crippen molar-refractivity contribution in [1.82, 2.24) is 9.97 Å². The van der Waals surface area contributed by atoms with E-state index in [0.717, 1.165) is 11.4 Å². The zero-order chi connectivity index (χ0) is 20.5. The lowest BCUT2D eigenvalue weighted by molar-refractivity contribution is 1.06. The average Bonchev–Trinajstić information content (AvgIpc) is 2.75. The number of aromatic nitrogens is 2. The topological polar surface area (TPSA) is 25.8 Å². The van der Waals surface area contributed by atoms with Crippen LogP contribution >= 0.6 is 0 Å². The van der Waals surface area contributed by atoms with Gasteiger partial charge in [-0.3, -0.25) is 9.97 Å². The fourth-order valence-electron chi connectivity index (χ4n) is 3.02. The molecule has 0 radical (unpaired) electrons. The van der Waals surface area contributed by atoms with E-state index in [2.05, 4.69) is 72.3 Å². The number of rotatable bonds is 0. The molecule has 0 spiro atoms. The highest BCUT2D eigenvalue weighted by atomic mass is 14.8. The van der Waals surface area contributed by atoms with Gasteiger partial charge >= 0.3 is 0 Å². The summed E-state index contributed by atoms with van der Waals surface area (Å²) < 4.78 is 0. The molecule has 0 fully saturated rings. The summed E-state index contributed by atoms with van der Waals surface area (Å²) in [6, 6.07) is 17.3. The van der Waals surface area contributed by atoms with Crippen molar-refractivity contribution in [2.24, 2.45) is 0 Å². The normalized spacial score (nSPS) is 10.4. The molecule has 0 bridgehead atoms. The summed E-state index contributed by atoms with van der Waals surface area (Å²) in [5, 5.41) is 5.50. The summed E-state index contributed by atoms with van der Waals surface area (Å²) in [5.74, 6) is 0. The molecular weight excluding hydrogens is 340 g/mol. The molecule has 4 rings (SSSR count). The van der Waals surface area contributed by atoms with Gasteiger partial charge < -0.3 is 0 Å². The SMILES string of the molecule is C/C=C/C.Cc1c2ccccc2c(C)c2ccccc12.Cc1cnc(C)cn1. The Balaban J connectivity index is 0.000000196. The molecule has 1 aromatic heterocycles. The van der Waals surface area contributed by atoms with E-state index in [4.69, 9.17) is 0 Å². The number of hydrogen-bond donors (Lipinski definition) is 0. The van der Waals surface area contributed by atoms with Crippen molar-refractivity contribution in [2.75, 3.05) is 0 Å². The maximum Gasteiger partial charge on any atom is 0.0555 e. The summed E-state index contributed by atoms with van der Waals surface area (Å²) in [6.45, 7) is 12.3. The minimum Gasteiger partial charge on any atom is -0.258 e. The van der Waals surface area contributed by atoms with Crippen LogP contribution in [-0.4, -0.2) is 9.97 Å². The first-order valence-corrected chi connectivity index (χ1v) is 9.68. The summed E-state index contributed by atoms with van der Waals surface area (Å²) in [6.07, 6.45) is 7.52. The van der Waals surface area contributed by atoms with Crippen LogP contribution in [0, 0.1) is 27.7 Å². The van der Waals surface area contributed by atoms with Gasteiger partial charge in [0.05, 0.1) is 11.4 Å². The van der Waals surface area contributed by atoms with Gasteiger partial charge in [-0.15, -0.1) is 0 Å². The fourth-order valence-corrected chi connectivity index (χ4v) is 3.02. The Kier molecular flexibility index (Phi) is 7.88. The molecular formula is C26H30N2. The minimum atomic E-state index is 0.968. The van der Waals surface area contributed by atoms with Crippen LogP contribution in [0.2, 0.25) is 0 Å². The molecule has 0 N–H and O–H groups in total. The van der Waals surface area contributed by atoms with Crippen molar-refractivity contribution >= 4 is 21.5 Å². The number of benzene rings is 3. The molecule has 0 amide bonds. The van der Waals surface area contributed by atoms with E-state index >= 15 is 0 Å². The Morgan fingerprint density at radius 2 is 0.821 bits per heavy atom. The standard InChI is InChI=1S/C16H14.C6H8N2.C4H8/c1-11-13-7-3-5-9-15(13)12(2)16-10-6-4-8-14(11)16;1-5-3-8-6(2)4-7-5;1-3-4-2/h3-10H,1-2H3;3-4H,1-2H3;3-4H,1-2H3/b;;4-3+. The summed E-state index contributed by atoms with van der Waals surface area (Å²) in [7, 11) is 0.